The summed E-state index contributed by atoms with van der Waals surface area (Å²) >= 11 is 1.61. The van der Waals surface area contributed by atoms with Gasteiger partial charge in [-0.05, 0) is 64.4 Å². The quantitative estimate of drug-likeness (QED) is 0.414. The van der Waals surface area contributed by atoms with Gasteiger partial charge in [-0.2, -0.15) is 0 Å². The summed E-state index contributed by atoms with van der Waals surface area (Å²) in [6.07, 6.45) is 2.30. The van der Waals surface area contributed by atoms with Gasteiger partial charge in [0.05, 0.1) is 35.0 Å². The van der Waals surface area contributed by atoms with E-state index in [4.69, 9.17) is 9.97 Å². The monoisotopic (exact) mass is 432 g/mol. The molecule has 0 aliphatic carbocycles. The van der Waals surface area contributed by atoms with Gasteiger partial charge < -0.3 is 9.88 Å². The van der Waals surface area contributed by atoms with Gasteiger partial charge in [0.1, 0.15) is 11.6 Å². The van der Waals surface area contributed by atoms with E-state index in [1.807, 2.05) is 18.4 Å². The van der Waals surface area contributed by atoms with Gasteiger partial charge in [0.2, 0.25) is 0 Å². The molecule has 0 amide bonds. The molecule has 5 rings (SSSR count). The van der Waals surface area contributed by atoms with Crippen LogP contribution < -0.4 is 5.32 Å². The molecule has 1 aliphatic rings. The summed E-state index contributed by atoms with van der Waals surface area (Å²) in [5.74, 6) is 1.99. The lowest BCUT2D eigenvalue weighted by Crippen LogP contribution is -2.25. The molecule has 0 radical (unpaired) electrons. The van der Waals surface area contributed by atoms with Crippen molar-refractivity contribution in [3.05, 3.63) is 65.1 Å². The Labute approximate surface area is 187 Å². The number of anilines is 2. The zero-order valence-corrected chi connectivity index (χ0v) is 19.1. The van der Waals surface area contributed by atoms with Gasteiger partial charge in [-0.15, -0.1) is 11.3 Å². The zero-order chi connectivity index (χ0) is 21.4. The number of pyridine rings is 1. The molecule has 3 aromatic heterocycles. The minimum Gasteiger partial charge on any atom is -0.324 e. The van der Waals surface area contributed by atoms with Crippen molar-refractivity contribution >= 4 is 33.3 Å². The van der Waals surface area contributed by atoms with Gasteiger partial charge in [-0.1, -0.05) is 18.2 Å². The number of para-hydroxylation sites is 2. The number of hydrogen-bond donors (Lipinski definition) is 1. The molecule has 1 N–H and O–H groups in total. The highest BCUT2D eigenvalue weighted by Crippen LogP contribution is 2.34. The van der Waals surface area contributed by atoms with E-state index in [9.17, 15) is 0 Å². The van der Waals surface area contributed by atoms with Crippen LogP contribution in [-0.2, 0) is 6.54 Å². The molecule has 1 saturated heterocycles. The fourth-order valence-corrected chi connectivity index (χ4v) is 5.24. The molecule has 1 atom stereocenters. The first kappa shape index (κ1) is 20.2. The van der Waals surface area contributed by atoms with E-state index >= 15 is 0 Å². The SMILES string of the molecule is Cc1csc(Nc2cccc(C3CCCN3Cc3nc4ccccc4n3C(C)C)n2)n1. The smallest absolute Gasteiger partial charge is 0.188 e. The summed E-state index contributed by atoms with van der Waals surface area (Å²) in [4.78, 5) is 16.9. The largest absolute Gasteiger partial charge is 0.324 e. The summed E-state index contributed by atoms with van der Waals surface area (Å²) in [6, 6.07) is 15.4. The fourth-order valence-electron chi connectivity index (χ4n) is 4.54. The van der Waals surface area contributed by atoms with Crippen LogP contribution in [0.25, 0.3) is 11.0 Å². The predicted molar refractivity (Wildman–Crippen MR) is 127 cm³/mol. The number of nitrogens with zero attached hydrogens (tertiary/aromatic N) is 5. The van der Waals surface area contributed by atoms with E-state index in [0.29, 0.717) is 12.1 Å². The normalized spacial score (nSPS) is 17.1. The Hall–Kier alpha value is -2.77. The standard InChI is InChI=1S/C24H28N6S/c1-16(2)30-21-10-5-4-8-19(21)27-23(30)14-29-13-7-11-20(29)18-9-6-12-22(26-18)28-24-25-17(3)15-31-24/h4-6,8-10,12,15-16,20H,7,11,13-14H2,1-3H3,(H,25,26,28). The molecule has 1 aliphatic heterocycles. The summed E-state index contributed by atoms with van der Waals surface area (Å²) in [5.41, 5.74) is 4.43. The van der Waals surface area contributed by atoms with Gasteiger partial charge in [0.25, 0.3) is 0 Å². The molecule has 7 heteroatoms. The zero-order valence-electron chi connectivity index (χ0n) is 18.2. The van der Waals surface area contributed by atoms with E-state index < -0.39 is 0 Å². The van der Waals surface area contributed by atoms with Gasteiger partial charge >= 0.3 is 0 Å². The second-order valence-corrected chi connectivity index (χ2v) is 9.33. The number of likely N-dealkylation sites (tertiary alicyclic amines) is 1. The number of thiazole rings is 1. The molecule has 4 aromatic rings. The summed E-state index contributed by atoms with van der Waals surface area (Å²) in [5, 5.41) is 6.29. The number of benzene rings is 1. The molecule has 160 valence electrons. The summed E-state index contributed by atoms with van der Waals surface area (Å²) in [6.45, 7) is 8.37. The van der Waals surface area contributed by atoms with E-state index in [1.54, 1.807) is 11.3 Å². The van der Waals surface area contributed by atoms with Crippen molar-refractivity contribution in [3.63, 3.8) is 0 Å². The van der Waals surface area contributed by atoms with Crippen LogP contribution in [0.15, 0.2) is 47.8 Å². The summed E-state index contributed by atoms with van der Waals surface area (Å²) in [7, 11) is 0. The number of nitrogens with one attached hydrogen (secondary N) is 1. The van der Waals surface area contributed by atoms with Gasteiger partial charge in [-0.3, -0.25) is 4.90 Å². The maximum Gasteiger partial charge on any atom is 0.188 e. The lowest BCUT2D eigenvalue weighted by Gasteiger charge is -2.25. The second-order valence-electron chi connectivity index (χ2n) is 8.48. The van der Waals surface area contributed by atoms with Crippen LogP contribution in [0.5, 0.6) is 0 Å². The van der Waals surface area contributed by atoms with Crippen LogP contribution >= 0.6 is 11.3 Å². The van der Waals surface area contributed by atoms with Crippen molar-refractivity contribution in [2.45, 2.75) is 52.2 Å². The Morgan fingerprint density at radius 1 is 1.10 bits per heavy atom. The molecule has 1 aromatic carbocycles. The Kier molecular flexibility index (Phi) is 5.46. The number of imidazole rings is 1. The number of fused-ring (bicyclic) bond motifs is 1. The predicted octanol–water partition coefficient (Wildman–Crippen LogP) is 5.86. The minimum absolute atomic E-state index is 0.306. The number of rotatable bonds is 6. The molecule has 4 heterocycles. The van der Waals surface area contributed by atoms with Crippen LogP contribution in [0.2, 0.25) is 0 Å². The summed E-state index contributed by atoms with van der Waals surface area (Å²) < 4.78 is 2.38. The molecule has 0 saturated carbocycles. The van der Waals surface area contributed by atoms with Crippen molar-refractivity contribution in [1.82, 2.24) is 24.4 Å². The van der Waals surface area contributed by atoms with Crippen molar-refractivity contribution in [2.24, 2.45) is 0 Å². The highest BCUT2D eigenvalue weighted by atomic mass is 32.1. The highest BCUT2D eigenvalue weighted by molar-refractivity contribution is 7.13. The Morgan fingerprint density at radius 2 is 1.97 bits per heavy atom. The van der Waals surface area contributed by atoms with Crippen molar-refractivity contribution in [1.29, 1.82) is 0 Å². The number of aryl methyl sites for hydroxylation is 1. The van der Waals surface area contributed by atoms with Crippen LogP contribution in [0.4, 0.5) is 10.9 Å². The van der Waals surface area contributed by atoms with Crippen molar-refractivity contribution in [2.75, 3.05) is 11.9 Å². The molecule has 0 spiro atoms. The third kappa shape index (κ3) is 4.07. The first-order valence-electron chi connectivity index (χ1n) is 10.9. The maximum atomic E-state index is 4.98. The minimum atomic E-state index is 0.306. The number of aromatic nitrogens is 4. The molecule has 0 bridgehead atoms. The van der Waals surface area contributed by atoms with E-state index in [2.05, 4.69) is 70.0 Å². The Bertz CT molecular complexity index is 1190. The molecular weight excluding hydrogens is 404 g/mol. The lowest BCUT2D eigenvalue weighted by molar-refractivity contribution is 0.234. The van der Waals surface area contributed by atoms with Gasteiger partial charge in [0, 0.05) is 11.4 Å². The van der Waals surface area contributed by atoms with Crippen LogP contribution in [0.3, 0.4) is 0 Å². The topological polar surface area (TPSA) is 58.9 Å². The Morgan fingerprint density at radius 3 is 2.77 bits per heavy atom. The van der Waals surface area contributed by atoms with E-state index in [-0.39, 0.29) is 0 Å². The molecule has 1 fully saturated rings. The van der Waals surface area contributed by atoms with Crippen LogP contribution in [-0.4, -0.2) is 31.0 Å². The molecule has 1 unspecified atom stereocenters. The highest BCUT2D eigenvalue weighted by Gasteiger charge is 2.29. The molecule has 31 heavy (non-hydrogen) atoms. The third-order valence-electron chi connectivity index (χ3n) is 5.86. The lowest BCUT2D eigenvalue weighted by atomic mass is 10.1. The second kappa shape index (κ2) is 8.40. The fraction of sp³-hybridized carbons (Fsp3) is 0.375. The van der Waals surface area contributed by atoms with E-state index in [0.717, 1.165) is 53.2 Å². The van der Waals surface area contributed by atoms with E-state index in [1.165, 1.54) is 11.9 Å². The first-order valence-corrected chi connectivity index (χ1v) is 11.8. The first-order chi connectivity index (χ1) is 15.1. The molecular formula is C24H28N6S. The molecule has 6 nitrogen and oxygen atoms in total. The maximum absolute atomic E-state index is 4.98. The number of hydrogen-bond acceptors (Lipinski definition) is 6. The Balaban J connectivity index is 1.40. The van der Waals surface area contributed by atoms with Gasteiger partial charge in [0.15, 0.2) is 5.13 Å². The van der Waals surface area contributed by atoms with Crippen LogP contribution in [0, 0.1) is 6.92 Å². The third-order valence-corrected chi connectivity index (χ3v) is 6.74. The average Bonchev–Trinajstić information content (AvgIpc) is 3.46. The van der Waals surface area contributed by atoms with Crippen LogP contribution in [0.1, 0.15) is 56.0 Å². The van der Waals surface area contributed by atoms with Crippen molar-refractivity contribution < 1.29 is 0 Å². The average molecular weight is 433 g/mol. The van der Waals surface area contributed by atoms with Gasteiger partial charge in [-0.25, -0.2) is 15.0 Å². The van der Waals surface area contributed by atoms with Crippen molar-refractivity contribution in [3.8, 4) is 0 Å².